The van der Waals surface area contributed by atoms with Crippen molar-refractivity contribution in [2.45, 2.75) is 0 Å². The first-order valence-corrected chi connectivity index (χ1v) is 0.651. The van der Waals surface area contributed by atoms with Gasteiger partial charge in [-0.25, -0.2) is 4.79 Å². The molecule has 8 heavy (non-hydrogen) atoms. The summed E-state index contributed by atoms with van der Waals surface area (Å²) in [6.07, 6.45) is -1.83. The molecule has 0 aliphatic carbocycles. The van der Waals surface area contributed by atoms with Crippen LogP contribution in [0.5, 0.6) is 0 Å². The molecule has 0 heterocycles. The van der Waals surface area contributed by atoms with Gasteiger partial charge in [0, 0.05) is 17.4 Å². The highest BCUT2D eigenvalue weighted by Crippen LogP contribution is 1.42. The number of rotatable bonds is 0. The van der Waals surface area contributed by atoms with E-state index in [4.69, 9.17) is 15.0 Å². The molecular weight excluding hydrogens is 133 g/mol. The van der Waals surface area contributed by atoms with E-state index in [2.05, 4.69) is 0 Å². The Morgan fingerprint density at radius 3 is 1.12 bits per heavy atom. The van der Waals surface area contributed by atoms with Crippen molar-refractivity contribution in [3.63, 3.8) is 0 Å². The average molecular weight is 142 g/mol. The second kappa shape index (κ2) is 30.0. The van der Waals surface area contributed by atoms with Crippen LogP contribution >= 0.6 is 0 Å². The van der Waals surface area contributed by atoms with Gasteiger partial charge in [0.05, 0.1) is 0 Å². The van der Waals surface area contributed by atoms with E-state index < -0.39 is 6.16 Å². The van der Waals surface area contributed by atoms with Crippen molar-refractivity contribution in [1.82, 2.24) is 6.15 Å². The predicted octanol–water partition coefficient (Wildman–Crippen LogP) is -1.65. The SMILES string of the molecule is N.O.O.O=C(O)O.[Al]. The van der Waals surface area contributed by atoms with E-state index in [1.807, 2.05) is 0 Å². The maximum Gasteiger partial charge on any atom is 0.503 e. The molecule has 0 aromatic rings. The molecule has 0 bridgehead atoms. The van der Waals surface area contributed by atoms with Crippen LogP contribution in [0.4, 0.5) is 4.79 Å². The molecule has 0 aromatic carbocycles. The molecule has 0 aliphatic rings. The van der Waals surface area contributed by atoms with E-state index in [-0.39, 0.29) is 34.5 Å². The second-order valence-corrected chi connectivity index (χ2v) is 0.283. The van der Waals surface area contributed by atoms with Gasteiger partial charge in [0.25, 0.3) is 0 Å². The Morgan fingerprint density at radius 1 is 1.12 bits per heavy atom. The zero-order valence-electron chi connectivity index (χ0n) is 4.09. The zero-order valence-corrected chi connectivity index (χ0v) is 5.24. The van der Waals surface area contributed by atoms with Gasteiger partial charge in [0.1, 0.15) is 0 Å². The van der Waals surface area contributed by atoms with E-state index >= 15 is 0 Å². The molecular formula is CH9AlNO5. The van der Waals surface area contributed by atoms with Crippen molar-refractivity contribution < 1.29 is 26.0 Å². The Balaban J connectivity index is -0.00000000750. The fourth-order valence-electron chi connectivity index (χ4n) is 0. The minimum atomic E-state index is -1.83. The Labute approximate surface area is 56.5 Å². The summed E-state index contributed by atoms with van der Waals surface area (Å²) in [5.74, 6) is 0. The lowest BCUT2D eigenvalue weighted by molar-refractivity contribution is 0.137. The van der Waals surface area contributed by atoms with Crippen LogP contribution in [0.15, 0.2) is 0 Å². The lowest BCUT2D eigenvalue weighted by atomic mass is 11.5. The Hall–Kier alpha value is -0.318. The summed E-state index contributed by atoms with van der Waals surface area (Å²) in [4.78, 5) is 8.56. The van der Waals surface area contributed by atoms with Crippen molar-refractivity contribution in [1.29, 1.82) is 0 Å². The van der Waals surface area contributed by atoms with E-state index in [0.29, 0.717) is 0 Å². The lowest BCUT2D eigenvalue weighted by Crippen LogP contribution is -1.81. The summed E-state index contributed by atoms with van der Waals surface area (Å²) < 4.78 is 0. The highest BCUT2D eigenvalue weighted by atomic mass is 27.0. The maximum atomic E-state index is 8.56. The summed E-state index contributed by atoms with van der Waals surface area (Å²) in [5, 5.41) is 13.9. The van der Waals surface area contributed by atoms with Crippen molar-refractivity contribution in [3.05, 3.63) is 0 Å². The van der Waals surface area contributed by atoms with Crippen LogP contribution in [0.1, 0.15) is 0 Å². The molecule has 0 fully saturated rings. The van der Waals surface area contributed by atoms with Crippen molar-refractivity contribution in [2.24, 2.45) is 0 Å². The van der Waals surface area contributed by atoms with Crippen LogP contribution in [0, 0.1) is 0 Å². The third-order valence-electron chi connectivity index (χ3n) is 0. The smallest absolute Gasteiger partial charge is 0.450 e. The summed E-state index contributed by atoms with van der Waals surface area (Å²) in [6, 6.07) is 0. The zero-order chi connectivity index (χ0) is 3.58. The number of hydrogen-bond donors (Lipinski definition) is 3. The molecule has 0 spiro atoms. The lowest BCUT2D eigenvalue weighted by Gasteiger charge is -1.60. The van der Waals surface area contributed by atoms with Gasteiger partial charge in [-0.05, 0) is 0 Å². The first-order chi connectivity index (χ1) is 1.73. The van der Waals surface area contributed by atoms with Gasteiger partial charge in [0.2, 0.25) is 0 Å². The molecule has 0 aromatic heterocycles. The summed E-state index contributed by atoms with van der Waals surface area (Å²) in [6.45, 7) is 0. The quantitative estimate of drug-likeness (QED) is 0.346. The van der Waals surface area contributed by atoms with Gasteiger partial charge in [-0.2, -0.15) is 0 Å². The monoisotopic (exact) mass is 142 g/mol. The molecule has 0 rings (SSSR count). The van der Waals surface area contributed by atoms with E-state index in [1.165, 1.54) is 0 Å². The number of hydrogen-bond acceptors (Lipinski definition) is 2. The third-order valence-corrected chi connectivity index (χ3v) is 0. The molecule has 0 aliphatic heterocycles. The first-order valence-electron chi connectivity index (χ1n) is 0.651. The number of carbonyl (C=O) groups is 1. The molecule has 9 N–H and O–H groups in total. The fraction of sp³-hybridized carbons (Fsp3) is 0. The third kappa shape index (κ3) is 1240. The van der Waals surface area contributed by atoms with Crippen LogP contribution in [0.3, 0.4) is 0 Å². The molecule has 0 saturated heterocycles. The van der Waals surface area contributed by atoms with Crippen LogP contribution in [-0.2, 0) is 0 Å². The molecule has 0 saturated carbocycles. The Morgan fingerprint density at radius 2 is 1.12 bits per heavy atom. The van der Waals surface area contributed by atoms with Gasteiger partial charge in [-0.3, -0.25) is 0 Å². The average Bonchev–Trinajstić information content (AvgIpc) is 0.811. The maximum absolute atomic E-state index is 8.56. The second-order valence-electron chi connectivity index (χ2n) is 0.283. The minimum Gasteiger partial charge on any atom is -0.450 e. The van der Waals surface area contributed by atoms with Crippen molar-refractivity contribution in [2.75, 3.05) is 0 Å². The Bertz CT molecular complexity index is 35.4. The molecule has 51 valence electrons. The first kappa shape index (κ1) is 47.7. The summed E-state index contributed by atoms with van der Waals surface area (Å²) >= 11 is 0. The normalized spacial score (nSPS) is 3.00. The van der Waals surface area contributed by atoms with E-state index in [0.717, 1.165) is 0 Å². The molecule has 7 heteroatoms. The van der Waals surface area contributed by atoms with Crippen LogP contribution in [0.25, 0.3) is 0 Å². The topological polar surface area (TPSA) is 156 Å². The minimum absolute atomic E-state index is 0. The highest BCUT2D eigenvalue weighted by molar-refractivity contribution is 5.75. The van der Waals surface area contributed by atoms with Gasteiger partial charge >= 0.3 is 6.16 Å². The fourth-order valence-corrected chi connectivity index (χ4v) is 0. The van der Waals surface area contributed by atoms with Gasteiger partial charge < -0.3 is 27.3 Å². The molecule has 3 radical (unpaired) electrons. The standard InChI is InChI=1S/CH2O3.Al.H3N.2H2O/c2-1(3)4;;;;/h(H2,2,3,4);;1H3;2*1H2. The van der Waals surface area contributed by atoms with Gasteiger partial charge in [-0.15, -0.1) is 0 Å². The van der Waals surface area contributed by atoms with Gasteiger partial charge in [0.15, 0.2) is 0 Å². The molecule has 0 amide bonds. The molecule has 0 atom stereocenters. The van der Waals surface area contributed by atoms with Crippen LogP contribution in [-0.4, -0.2) is 44.7 Å². The molecule has 0 unspecified atom stereocenters. The number of carboxylic acid groups (broad SMARTS) is 2. The van der Waals surface area contributed by atoms with Crippen LogP contribution < -0.4 is 6.15 Å². The highest BCUT2D eigenvalue weighted by Gasteiger charge is 1.70. The van der Waals surface area contributed by atoms with E-state index in [9.17, 15) is 0 Å². The summed E-state index contributed by atoms with van der Waals surface area (Å²) in [5.41, 5.74) is 0. The van der Waals surface area contributed by atoms with Crippen molar-refractivity contribution in [3.8, 4) is 0 Å². The van der Waals surface area contributed by atoms with Crippen LogP contribution in [0.2, 0.25) is 0 Å². The largest absolute Gasteiger partial charge is 0.503 e. The predicted molar refractivity (Wildman–Crippen MR) is 28.7 cm³/mol. The van der Waals surface area contributed by atoms with Gasteiger partial charge in [-0.1, -0.05) is 0 Å². The Kier molecular flexibility index (Phi) is 179. The van der Waals surface area contributed by atoms with E-state index in [1.54, 1.807) is 0 Å². The summed E-state index contributed by atoms with van der Waals surface area (Å²) in [7, 11) is 0. The van der Waals surface area contributed by atoms with Crippen molar-refractivity contribution >= 4 is 23.5 Å². The molecule has 6 nitrogen and oxygen atoms in total.